The van der Waals surface area contributed by atoms with Gasteiger partial charge in [0.2, 0.25) is 0 Å². The molecule has 0 heteroatoms. The van der Waals surface area contributed by atoms with Gasteiger partial charge in [-0.15, -0.1) is 0 Å². The first-order valence-electron chi connectivity index (χ1n) is 6.96. The monoisotopic (exact) mass is 210 g/mol. The van der Waals surface area contributed by atoms with Crippen LogP contribution in [0.4, 0.5) is 0 Å². The van der Waals surface area contributed by atoms with Crippen molar-refractivity contribution in [2.45, 2.75) is 85.0 Å². The minimum absolute atomic E-state index is 1.22. The molecule has 0 aliphatic heterocycles. The number of hydrogen-bond donors (Lipinski definition) is 0. The van der Waals surface area contributed by atoms with Gasteiger partial charge >= 0.3 is 0 Å². The summed E-state index contributed by atoms with van der Waals surface area (Å²) >= 11 is 0. The van der Waals surface area contributed by atoms with E-state index in [9.17, 15) is 0 Å². The van der Waals surface area contributed by atoms with Crippen molar-refractivity contribution in [3.63, 3.8) is 0 Å². The highest BCUT2D eigenvalue weighted by Crippen LogP contribution is 2.10. The van der Waals surface area contributed by atoms with Gasteiger partial charge in [-0.25, -0.2) is 0 Å². The first-order chi connectivity index (χ1) is 7.31. The molecule has 0 aromatic heterocycles. The van der Waals surface area contributed by atoms with Crippen molar-refractivity contribution in [2.24, 2.45) is 0 Å². The summed E-state index contributed by atoms with van der Waals surface area (Å²) in [5, 5.41) is 0. The van der Waals surface area contributed by atoms with E-state index in [0.717, 1.165) is 0 Å². The summed E-state index contributed by atoms with van der Waals surface area (Å²) < 4.78 is 0. The summed E-state index contributed by atoms with van der Waals surface area (Å²) in [5.74, 6) is 0. The molecule has 0 nitrogen and oxygen atoms in total. The Hall–Kier alpha value is -0.260. The third kappa shape index (κ3) is 11.7. The van der Waals surface area contributed by atoms with Gasteiger partial charge in [0, 0.05) is 0 Å². The smallest absolute Gasteiger partial charge is 0.0348 e. The van der Waals surface area contributed by atoms with Crippen molar-refractivity contribution in [1.29, 1.82) is 0 Å². The van der Waals surface area contributed by atoms with Gasteiger partial charge in [-0.3, -0.25) is 0 Å². The molecule has 0 saturated heterocycles. The molecule has 0 amide bonds. The Morgan fingerprint density at radius 3 is 1.87 bits per heavy atom. The fraction of sp³-hybridized carbons (Fsp3) is 0.867. The molecule has 90 valence electrons. The van der Waals surface area contributed by atoms with E-state index in [-0.39, 0.29) is 0 Å². The fourth-order valence-electron chi connectivity index (χ4n) is 1.77. The van der Waals surface area contributed by atoms with Crippen LogP contribution >= 0.6 is 0 Å². The lowest BCUT2D eigenvalue weighted by atomic mass is 10.1. The lowest BCUT2D eigenvalue weighted by molar-refractivity contribution is 0.577. The van der Waals surface area contributed by atoms with E-state index in [1.807, 2.05) is 0 Å². The average Bonchev–Trinajstić information content (AvgIpc) is 2.26. The standard InChI is InChI=1S/C15H30/c1-4-6-7-8-9-10-11-12-13-14-15(3)5-2/h14H,4-13H2,1-3H3/b15-14+. The highest BCUT2D eigenvalue weighted by molar-refractivity contribution is 4.96. The molecule has 0 aliphatic rings. The largest absolute Gasteiger partial charge is 0.0856 e. The molecule has 0 spiro atoms. The molecule has 0 aliphatic carbocycles. The maximum Gasteiger partial charge on any atom is -0.0348 e. The molecule has 0 fully saturated rings. The summed E-state index contributed by atoms with van der Waals surface area (Å²) in [6.07, 6.45) is 16.4. The van der Waals surface area contributed by atoms with Crippen molar-refractivity contribution >= 4 is 0 Å². The summed E-state index contributed by atoms with van der Waals surface area (Å²) in [6, 6.07) is 0. The van der Waals surface area contributed by atoms with Crippen LogP contribution in [0.1, 0.15) is 85.0 Å². The summed E-state index contributed by atoms with van der Waals surface area (Å²) in [6.45, 7) is 6.76. The zero-order valence-corrected chi connectivity index (χ0v) is 11.1. The molecule has 0 bridgehead atoms. The third-order valence-corrected chi connectivity index (χ3v) is 3.11. The second kappa shape index (κ2) is 11.8. The molecular formula is C15H30. The maximum absolute atomic E-state index is 2.41. The van der Waals surface area contributed by atoms with Crippen molar-refractivity contribution in [1.82, 2.24) is 0 Å². The second-order valence-electron chi connectivity index (χ2n) is 4.67. The van der Waals surface area contributed by atoms with Crippen molar-refractivity contribution < 1.29 is 0 Å². The Bertz CT molecular complexity index is 144. The minimum atomic E-state index is 1.22. The molecule has 15 heavy (non-hydrogen) atoms. The molecule has 0 saturated carbocycles. The van der Waals surface area contributed by atoms with Crippen molar-refractivity contribution in [3.8, 4) is 0 Å². The van der Waals surface area contributed by atoms with E-state index in [4.69, 9.17) is 0 Å². The molecule has 0 unspecified atom stereocenters. The zero-order valence-electron chi connectivity index (χ0n) is 11.1. The van der Waals surface area contributed by atoms with Gasteiger partial charge in [0.05, 0.1) is 0 Å². The van der Waals surface area contributed by atoms with Crippen molar-refractivity contribution in [3.05, 3.63) is 11.6 Å². The summed E-state index contributed by atoms with van der Waals surface area (Å²) in [4.78, 5) is 0. The van der Waals surface area contributed by atoms with E-state index in [1.165, 1.54) is 64.2 Å². The Morgan fingerprint density at radius 1 is 0.800 bits per heavy atom. The van der Waals surface area contributed by atoms with Gasteiger partial charge < -0.3 is 0 Å². The molecule has 0 aromatic rings. The number of rotatable bonds is 10. The number of allylic oxidation sites excluding steroid dienone is 2. The van der Waals surface area contributed by atoms with E-state index in [0.29, 0.717) is 0 Å². The van der Waals surface area contributed by atoms with E-state index < -0.39 is 0 Å². The Balaban J connectivity index is 3.05. The fourth-order valence-corrected chi connectivity index (χ4v) is 1.77. The summed E-state index contributed by atoms with van der Waals surface area (Å²) in [7, 11) is 0. The molecule has 0 heterocycles. The van der Waals surface area contributed by atoms with Crippen molar-refractivity contribution in [2.75, 3.05) is 0 Å². The Morgan fingerprint density at radius 2 is 1.33 bits per heavy atom. The van der Waals surface area contributed by atoms with Gasteiger partial charge in [-0.2, -0.15) is 0 Å². The Kier molecular flexibility index (Phi) is 11.6. The minimum Gasteiger partial charge on any atom is -0.0856 e. The SMILES string of the molecule is CCCCCCCCCC/C=C(\C)CC. The highest BCUT2D eigenvalue weighted by Gasteiger charge is 1.90. The predicted molar refractivity (Wildman–Crippen MR) is 71.3 cm³/mol. The topological polar surface area (TPSA) is 0 Å². The van der Waals surface area contributed by atoms with Gasteiger partial charge in [-0.05, 0) is 26.2 Å². The molecule has 0 rings (SSSR count). The van der Waals surface area contributed by atoms with Crippen LogP contribution in [0.25, 0.3) is 0 Å². The summed E-state index contributed by atoms with van der Waals surface area (Å²) in [5.41, 5.74) is 1.55. The normalized spacial score (nSPS) is 12.1. The molecule has 0 N–H and O–H groups in total. The van der Waals surface area contributed by atoms with Crippen LogP contribution in [0, 0.1) is 0 Å². The first kappa shape index (κ1) is 14.7. The molecule has 0 atom stereocenters. The van der Waals surface area contributed by atoms with Crippen LogP contribution in [-0.4, -0.2) is 0 Å². The van der Waals surface area contributed by atoms with Gasteiger partial charge in [0.25, 0.3) is 0 Å². The number of unbranched alkanes of at least 4 members (excludes halogenated alkanes) is 8. The second-order valence-corrected chi connectivity index (χ2v) is 4.67. The maximum atomic E-state index is 2.41. The predicted octanol–water partition coefficient (Wildman–Crippen LogP) is 5.87. The van der Waals surface area contributed by atoms with Crippen LogP contribution in [-0.2, 0) is 0 Å². The van der Waals surface area contributed by atoms with Gasteiger partial charge in [-0.1, -0.05) is 70.4 Å². The highest BCUT2D eigenvalue weighted by atomic mass is 14.0. The van der Waals surface area contributed by atoms with Crippen LogP contribution in [0.2, 0.25) is 0 Å². The molecule has 0 radical (unpaired) electrons. The molecule has 0 aromatic carbocycles. The van der Waals surface area contributed by atoms with E-state index in [2.05, 4.69) is 26.8 Å². The van der Waals surface area contributed by atoms with Gasteiger partial charge in [0.1, 0.15) is 0 Å². The van der Waals surface area contributed by atoms with E-state index >= 15 is 0 Å². The average molecular weight is 210 g/mol. The quantitative estimate of drug-likeness (QED) is 0.312. The van der Waals surface area contributed by atoms with Crippen LogP contribution in [0.3, 0.4) is 0 Å². The Labute approximate surface area is 97.2 Å². The third-order valence-electron chi connectivity index (χ3n) is 3.11. The zero-order chi connectivity index (χ0) is 11.4. The lowest BCUT2D eigenvalue weighted by Gasteiger charge is -2.00. The molecular weight excluding hydrogens is 180 g/mol. The van der Waals surface area contributed by atoms with Crippen LogP contribution in [0.5, 0.6) is 0 Å². The van der Waals surface area contributed by atoms with E-state index in [1.54, 1.807) is 5.57 Å². The van der Waals surface area contributed by atoms with Gasteiger partial charge in [0.15, 0.2) is 0 Å². The lowest BCUT2D eigenvalue weighted by Crippen LogP contribution is -1.80. The van der Waals surface area contributed by atoms with Crippen LogP contribution < -0.4 is 0 Å². The number of hydrogen-bond acceptors (Lipinski definition) is 0. The first-order valence-corrected chi connectivity index (χ1v) is 6.96. The van der Waals surface area contributed by atoms with Crippen LogP contribution in [0.15, 0.2) is 11.6 Å².